The molecular formula is C15H19N3O3S. The van der Waals surface area contributed by atoms with Crippen molar-refractivity contribution in [3.05, 3.63) is 41.1 Å². The minimum Gasteiger partial charge on any atom is -0.329 e. The van der Waals surface area contributed by atoms with Crippen LogP contribution in [0.3, 0.4) is 0 Å². The molecule has 7 heteroatoms. The summed E-state index contributed by atoms with van der Waals surface area (Å²) in [5.41, 5.74) is 2.35. The number of aromatic nitrogens is 2. The van der Waals surface area contributed by atoms with Crippen molar-refractivity contribution in [3.8, 4) is 0 Å². The van der Waals surface area contributed by atoms with Crippen LogP contribution in [0.1, 0.15) is 16.7 Å². The fourth-order valence-electron chi connectivity index (χ4n) is 2.46. The first-order valence-electron chi connectivity index (χ1n) is 6.75. The van der Waals surface area contributed by atoms with Gasteiger partial charge in [-0.25, -0.2) is 13.2 Å². The molecule has 0 aliphatic heterocycles. The van der Waals surface area contributed by atoms with Gasteiger partial charge in [0.15, 0.2) is 5.03 Å². The first kappa shape index (κ1) is 16.2. The summed E-state index contributed by atoms with van der Waals surface area (Å²) in [6, 6.07) is 4.58. The number of benzene rings is 1. The van der Waals surface area contributed by atoms with Crippen LogP contribution in [0.2, 0.25) is 0 Å². The van der Waals surface area contributed by atoms with Gasteiger partial charge in [-0.05, 0) is 38.0 Å². The molecule has 1 aromatic carbocycles. The maximum atomic E-state index is 12.8. The maximum absolute atomic E-state index is 12.8. The lowest BCUT2D eigenvalue weighted by atomic mass is 10.1. The number of hydrogen-bond donors (Lipinski definition) is 0. The normalized spacial score (nSPS) is 11.5. The Kier molecular flexibility index (Phi) is 4.10. The molecule has 118 valence electrons. The molecule has 0 saturated heterocycles. The van der Waals surface area contributed by atoms with Gasteiger partial charge >= 0.3 is 6.03 Å². The summed E-state index contributed by atoms with van der Waals surface area (Å²) in [4.78, 5) is 13.4. The molecule has 1 heterocycles. The Bertz CT molecular complexity index is 812. The van der Waals surface area contributed by atoms with Gasteiger partial charge in [-0.15, -0.1) is 0 Å². The van der Waals surface area contributed by atoms with Crippen molar-refractivity contribution in [2.75, 3.05) is 14.1 Å². The molecule has 0 radical (unpaired) electrons. The van der Waals surface area contributed by atoms with E-state index in [0.717, 1.165) is 10.2 Å². The van der Waals surface area contributed by atoms with Crippen molar-refractivity contribution in [1.29, 1.82) is 0 Å². The number of rotatable bonds is 2. The second-order valence-corrected chi connectivity index (χ2v) is 7.34. The average Bonchev–Trinajstić information content (AvgIpc) is 2.85. The predicted molar refractivity (Wildman–Crippen MR) is 82.8 cm³/mol. The second-order valence-electron chi connectivity index (χ2n) is 5.51. The van der Waals surface area contributed by atoms with Gasteiger partial charge in [0.05, 0.1) is 4.90 Å². The minimum atomic E-state index is -3.76. The zero-order valence-corrected chi connectivity index (χ0v) is 14.1. The van der Waals surface area contributed by atoms with Crippen molar-refractivity contribution >= 4 is 15.9 Å². The largest absolute Gasteiger partial charge is 0.344 e. The fourth-order valence-corrected chi connectivity index (χ4v) is 4.07. The molecule has 1 amide bonds. The number of hydrogen-bond acceptors (Lipinski definition) is 4. The van der Waals surface area contributed by atoms with E-state index in [1.165, 1.54) is 17.2 Å². The van der Waals surface area contributed by atoms with E-state index in [4.69, 9.17) is 0 Å². The van der Waals surface area contributed by atoms with Crippen molar-refractivity contribution in [2.24, 2.45) is 0 Å². The van der Waals surface area contributed by atoms with E-state index in [1.54, 1.807) is 27.9 Å². The van der Waals surface area contributed by atoms with Crippen molar-refractivity contribution in [1.82, 2.24) is 14.7 Å². The molecule has 0 saturated carbocycles. The fraction of sp³-hybridized carbons (Fsp3) is 0.333. The Labute approximate surface area is 130 Å². The van der Waals surface area contributed by atoms with Crippen molar-refractivity contribution in [2.45, 2.75) is 30.7 Å². The van der Waals surface area contributed by atoms with Gasteiger partial charge < -0.3 is 4.90 Å². The van der Waals surface area contributed by atoms with E-state index in [2.05, 4.69) is 5.10 Å². The highest BCUT2D eigenvalue weighted by Gasteiger charge is 2.26. The predicted octanol–water partition coefficient (Wildman–Crippen LogP) is 2.17. The van der Waals surface area contributed by atoms with Gasteiger partial charge in [0.25, 0.3) is 0 Å². The molecule has 0 atom stereocenters. The number of nitrogens with zero attached hydrogens (tertiary/aromatic N) is 3. The lowest BCUT2D eigenvalue weighted by Crippen LogP contribution is -2.27. The van der Waals surface area contributed by atoms with Crippen LogP contribution in [0, 0.1) is 20.8 Å². The number of aryl methyl sites for hydroxylation is 3. The molecule has 0 aliphatic carbocycles. The lowest BCUT2D eigenvalue weighted by molar-refractivity contribution is 0.215. The SMILES string of the molecule is Cc1cc(C)c(S(=O)(=O)c2ccn(C(=O)N(C)C)n2)c(C)c1. The van der Waals surface area contributed by atoms with E-state index in [1.807, 2.05) is 19.1 Å². The Morgan fingerprint density at radius 3 is 2.18 bits per heavy atom. The van der Waals surface area contributed by atoms with Crippen LogP contribution < -0.4 is 0 Å². The van der Waals surface area contributed by atoms with E-state index >= 15 is 0 Å². The van der Waals surface area contributed by atoms with Gasteiger partial charge in [0.1, 0.15) is 0 Å². The maximum Gasteiger partial charge on any atom is 0.344 e. The number of carbonyl (C=O) groups is 1. The summed E-state index contributed by atoms with van der Waals surface area (Å²) in [7, 11) is -0.606. The van der Waals surface area contributed by atoms with E-state index < -0.39 is 15.9 Å². The van der Waals surface area contributed by atoms with E-state index in [0.29, 0.717) is 11.1 Å². The van der Waals surface area contributed by atoms with Gasteiger partial charge in [-0.2, -0.15) is 9.78 Å². The molecule has 0 aliphatic rings. The summed E-state index contributed by atoms with van der Waals surface area (Å²) in [5.74, 6) is 0. The van der Waals surface area contributed by atoms with Crippen LogP contribution in [0.4, 0.5) is 4.79 Å². The Balaban J connectivity index is 2.55. The molecule has 0 fully saturated rings. The third-order valence-electron chi connectivity index (χ3n) is 3.29. The Hall–Kier alpha value is -2.15. The lowest BCUT2D eigenvalue weighted by Gasteiger charge is -2.11. The highest BCUT2D eigenvalue weighted by atomic mass is 32.2. The smallest absolute Gasteiger partial charge is 0.329 e. The summed E-state index contributed by atoms with van der Waals surface area (Å²) in [5, 5.41) is 3.79. The summed E-state index contributed by atoms with van der Waals surface area (Å²) >= 11 is 0. The van der Waals surface area contributed by atoms with Crippen LogP contribution in [0.5, 0.6) is 0 Å². The van der Waals surface area contributed by atoms with Crippen molar-refractivity contribution in [3.63, 3.8) is 0 Å². The van der Waals surface area contributed by atoms with Gasteiger partial charge in [0, 0.05) is 20.3 Å². The van der Waals surface area contributed by atoms with E-state index in [-0.39, 0.29) is 9.92 Å². The summed E-state index contributed by atoms with van der Waals surface area (Å²) < 4.78 is 26.6. The molecule has 6 nitrogen and oxygen atoms in total. The first-order chi connectivity index (χ1) is 10.1. The Morgan fingerprint density at radius 1 is 1.14 bits per heavy atom. The van der Waals surface area contributed by atoms with Crippen LogP contribution in [-0.2, 0) is 9.84 Å². The molecular weight excluding hydrogens is 302 g/mol. The molecule has 1 aromatic heterocycles. The van der Waals surface area contributed by atoms with Crippen LogP contribution in [-0.4, -0.2) is 43.2 Å². The summed E-state index contributed by atoms with van der Waals surface area (Å²) in [6.07, 6.45) is 1.36. The molecule has 0 N–H and O–H groups in total. The topological polar surface area (TPSA) is 72.3 Å². The van der Waals surface area contributed by atoms with Gasteiger partial charge in [-0.3, -0.25) is 0 Å². The van der Waals surface area contributed by atoms with Gasteiger partial charge in [-0.1, -0.05) is 17.7 Å². The molecule has 2 aromatic rings. The molecule has 22 heavy (non-hydrogen) atoms. The average molecular weight is 321 g/mol. The molecule has 0 bridgehead atoms. The summed E-state index contributed by atoms with van der Waals surface area (Å²) in [6.45, 7) is 5.44. The second kappa shape index (κ2) is 5.57. The highest BCUT2D eigenvalue weighted by Crippen LogP contribution is 2.27. The quantitative estimate of drug-likeness (QED) is 0.850. The molecule has 0 spiro atoms. The zero-order chi connectivity index (χ0) is 16.7. The highest BCUT2D eigenvalue weighted by molar-refractivity contribution is 7.91. The minimum absolute atomic E-state index is 0.127. The number of carbonyl (C=O) groups excluding carboxylic acids is 1. The van der Waals surface area contributed by atoms with Crippen LogP contribution in [0.15, 0.2) is 34.3 Å². The Morgan fingerprint density at radius 2 is 1.68 bits per heavy atom. The standard InChI is InChI=1S/C15H19N3O3S/c1-10-8-11(2)14(12(3)9-10)22(20,21)13-6-7-18(16-13)15(19)17(4)5/h6-9H,1-5H3. The van der Waals surface area contributed by atoms with Crippen LogP contribution in [0.25, 0.3) is 0 Å². The monoisotopic (exact) mass is 321 g/mol. The van der Waals surface area contributed by atoms with Gasteiger partial charge in [0.2, 0.25) is 9.84 Å². The third kappa shape index (κ3) is 2.76. The van der Waals surface area contributed by atoms with Crippen LogP contribution >= 0.6 is 0 Å². The number of sulfone groups is 1. The molecule has 0 unspecified atom stereocenters. The molecule has 2 rings (SSSR count). The van der Waals surface area contributed by atoms with Crippen molar-refractivity contribution < 1.29 is 13.2 Å². The zero-order valence-electron chi connectivity index (χ0n) is 13.3. The first-order valence-corrected chi connectivity index (χ1v) is 8.23. The van der Waals surface area contributed by atoms with E-state index in [9.17, 15) is 13.2 Å². The third-order valence-corrected chi connectivity index (χ3v) is 5.24. The number of amides is 1.